The van der Waals surface area contributed by atoms with E-state index in [1.165, 1.54) is 18.4 Å². The molecule has 1 saturated heterocycles. The number of benzene rings is 2. The number of rotatable bonds is 4. The number of hydrogen-bond donors (Lipinski definition) is 0. The van der Waals surface area contributed by atoms with Gasteiger partial charge in [0.05, 0.1) is 4.90 Å². The van der Waals surface area contributed by atoms with Gasteiger partial charge in [0.1, 0.15) is 0 Å². The van der Waals surface area contributed by atoms with Gasteiger partial charge in [-0.1, -0.05) is 6.07 Å². The van der Waals surface area contributed by atoms with Gasteiger partial charge in [-0.05, 0) is 67.1 Å². The molecule has 0 atom stereocenters. The van der Waals surface area contributed by atoms with E-state index in [0.717, 1.165) is 43.6 Å². The SMILES string of the molecule is CS(=O)(=O)c1ccc(N2CCC(Cc3ccc(F)c(F)c3)CC2)cc1. The molecule has 25 heavy (non-hydrogen) atoms. The Morgan fingerprint density at radius 1 is 1.00 bits per heavy atom. The number of halogens is 2. The quantitative estimate of drug-likeness (QED) is 0.826. The topological polar surface area (TPSA) is 37.4 Å². The molecular weight excluding hydrogens is 344 g/mol. The van der Waals surface area contributed by atoms with Gasteiger partial charge in [0.25, 0.3) is 0 Å². The van der Waals surface area contributed by atoms with Gasteiger partial charge in [0, 0.05) is 25.0 Å². The number of sulfone groups is 1. The number of nitrogens with zero attached hydrogens (tertiary/aromatic N) is 1. The molecule has 0 radical (unpaired) electrons. The summed E-state index contributed by atoms with van der Waals surface area (Å²) in [6.07, 6.45) is 3.88. The molecule has 3 nitrogen and oxygen atoms in total. The van der Waals surface area contributed by atoms with Crippen LogP contribution < -0.4 is 4.90 Å². The molecule has 134 valence electrons. The second-order valence-corrected chi connectivity index (χ2v) is 8.66. The van der Waals surface area contributed by atoms with E-state index in [0.29, 0.717) is 10.8 Å². The normalized spacial score (nSPS) is 16.2. The minimum Gasteiger partial charge on any atom is -0.372 e. The van der Waals surface area contributed by atoms with Gasteiger partial charge in [0.15, 0.2) is 21.5 Å². The van der Waals surface area contributed by atoms with Crippen molar-refractivity contribution >= 4 is 15.5 Å². The van der Waals surface area contributed by atoms with E-state index in [1.807, 2.05) is 12.1 Å². The summed E-state index contributed by atoms with van der Waals surface area (Å²) >= 11 is 0. The average molecular weight is 365 g/mol. The summed E-state index contributed by atoms with van der Waals surface area (Å²) in [5, 5.41) is 0. The van der Waals surface area contributed by atoms with Crippen molar-refractivity contribution in [3.05, 3.63) is 59.7 Å². The van der Waals surface area contributed by atoms with Crippen molar-refractivity contribution in [2.24, 2.45) is 5.92 Å². The molecule has 2 aromatic carbocycles. The largest absolute Gasteiger partial charge is 0.372 e. The van der Waals surface area contributed by atoms with E-state index in [9.17, 15) is 17.2 Å². The zero-order valence-corrected chi connectivity index (χ0v) is 14.9. The highest BCUT2D eigenvalue weighted by atomic mass is 32.2. The van der Waals surface area contributed by atoms with Gasteiger partial charge in [-0.25, -0.2) is 17.2 Å². The third kappa shape index (κ3) is 4.37. The highest BCUT2D eigenvalue weighted by Gasteiger charge is 2.20. The van der Waals surface area contributed by atoms with Gasteiger partial charge in [0.2, 0.25) is 0 Å². The molecule has 1 aliphatic rings. The highest BCUT2D eigenvalue weighted by molar-refractivity contribution is 7.90. The second kappa shape index (κ2) is 7.12. The Bertz CT molecular complexity index is 842. The molecule has 3 rings (SSSR count). The Balaban J connectivity index is 1.59. The fourth-order valence-electron chi connectivity index (χ4n) is 3.30. The highest BCUT2D eigenvalue weighted by Crippen LogP contribution is 2.27. The average Bonchev–Trinajstić information content (AvgIpc) is 2.58. The van der Waals surface area contributed by atoms with Crippen molar-refractivity contribution in [2.45, 2.75) is 24.2 Å². The molecule has 1 aliphatic heterocycles. The maximum Gasteiger partial charge on any atom is 0.175 e. The molecule has 6 heteroatoms. The Labute approximate surface area is 147 Å². The molecule has 0 aromatic heterocycles. The Morgan fingerprint density at radius 3 is 2.20 bits per heavy atom. The third-order valence-electron chi connectivity index (χ3n) is 4.75. The zero-order chi connectivity index (χ0) is 18.0. The van der Waals surface area contributed by atoms with Crippen LogP contribution in [0.2, 0.25) is 0 Å². The van der Waals surface area contributed by atoms with Crippen LogP contribution in [0, 0.1) is 17.6 Å². The number of hydrogen-bond acceptors (Lipinski definition) is 3. The summed E-state index contributed by atoms with van der Waals surface area (Å²) in [5.41, 5.74) is 1.84. The molecule has 0 aliphatic carbocycles. The Hall–Kier alpha value is -1.95. The molecule has 1 heterocycles. The van der Waals surface area contributed by atoms with Crippen molar-refractivity contribution < 1.29 is 17.2 Å². The fourth-order valence-corrected chi connectivity index (χ4v) is 3.93. The molecule has 0 saturated carbocycles. The predicted molar refractivity (Wildman–Crippen MR) is 94.6 cm³/mol. The molecule has 0 unspecified atom stereocenters. The molecule has 2 aromatic rings. The van der Waals surface area contributed by atoms with Crippen LogP contribution in [0.5, 0.6) is 0 Å². The lowest BCUT2D eigenvalue weighted by molar-refractivity contribution is 0.402. The molecular formula is C19H21F2NO2S. The van der Waals surface area contributed by atoms with Crippen LogP contribution in [-0.4, -0.2) is 27.8 Å². The molecule has 0 bridgehead atoms. The van der Waals surface area contributed by atoms with Crippen LogP contribution in [0.1, 0.15) is 18.4 Å². The van der Waals surface area contributed by atoms with Crippen LogP contribution in [0.3, 0.4) is 0 Å². The molecule has 0 N–H and O–H groups in total. The van der Waals surface area contributed by atoms with E-state index in [2.05, 4.69) is 4.90 Å². The van der Waals surface area contributed by atoms with E-state index >= 15 is 0 Å². The van der Waals surface area contributed by atoms with Crippen molar-refractivity contribution in [3.63, 3.8) is 0 Å². The first kappa shape index (κ1) is 17.9. The van der Waals surface area contributed by atoms with Crippen molar-refractivity contribution in [1.82, 2.24) is 0 Å². The first-order valence-electron chi connectivity index (χ1n) is 8.32. The number of anilines is 1. The molecule has 0 spiro atoms. The minimum atomic E-state index is -3.18. The molecule has 1 fully saturated rings. The summed E-state index contributed by atoms with van der Waals surface area (Å²) < 4.78 is 49.3. The van der Waals surface area contributed by atoms with E-state index in [-0.39, 0.29) is 0 Å². The van der Waals surface area contributed by atoms with Gasteiger partial charge in [-0.15, -0.1) is 0 Å². The number of piperidine rings is 1. The van der Waals surface area contributed by atoms with Crippen LogP contribution in [0.4, 0.5) is 14.5 Å². The first-order valence-corrected chi connectivity index (χ1v) is 10.2. The maximum atomic E-state index is 13.3. The third-order valence-corrected chi connectivity index (χ3v) is 5.88. The van der Waals surface area contributed by atoms with Gasteiger partial charge >= 0.3 is 0 Å². The van der Waals surface area contributed by atoms with Crippen molar-refractivity contribution in [2.75, 3.05) is 24.2 Å². The van der Waals surface area contributed by atoms with Gasteiger partial charge in [-0.3, -0.25) is 0 Å². The summed E-state index contributed by atoms with van der Waals surface area (Å²) in [6, 6.07) is 11.1. The first-order chi connectivity index (χ1) is 11.8. The predicted octanol–water partition coefficient (Wildman–Crippen LogP) is 3.83. The summed E-state index contributed by atoms with van der Waals surface area (Å²) in [4.78, 5) is 2.55. The lowest BCUT2D eigenvalue weighted by atomic mass is 9.90. The Morgan fingerprint density at radius 2 is 1.64 bits per heavy atom. The summed E-state index contributed by atoms with van der Waals surface area (Å²) in [5.74, 6) is -1.16. The van der Waals surface area contributed by atoms with Crippen LogP contribution in [-0.2, 0) is 16.3 Å². The van der Waals surface area contributed by atoms with Crippen molar-refractivity contribution in [1.29, 1.82) is 0 Å². The van der Waals surface area contributed by atoms with Crippen LogP contribution in [0.15, 0.2) is 47.4 Å². The smallest absolute Gasteiger partial charge is 0.175 e. The maximum absolute atomic E-state index is 13.3. The second-order valence-electron chi connectivity index (χ2n) is 6.65. The van der Waals surface area contributed by atoms with E-state index in [1.54, 1.807) is 18.2 Å². The molecule has 0 amide bonds. The van der Waals surface area contributed by atoms with Gasteiger partial charge in [-0.2, -0.15) is 0 Å². The van der Waals surface area contributed by atoms with E-state index < -0.39 is 21.5 Å². The fraction of sp³-hybridized carbons (Fsp3) is 0.368. The van der Waals surface area contributed by atoms with Gasteiger partial charge < -0.3 is 4.90 Å². The minimum absolute atomic E-state index is 0.324. The summed E-state index contributed by atoms with van der Waals surface area (Å²) in [7, 11) is -3.18. The zero-order valence-electron chi connectivity index (χ0n) is 14.1. The monoisotopic (exact) mass is 365 g/mol. The van der Waals surface area contributed by atoms with Crippen LogP contribution >= 0.6 is 0 Å². The Kier molecular flexibility index (Phi) is 5.08. The lowest BCUT2D eigenvalue weighted by Gasteiger charge is -2.33. The summed E-state index contributed by atoms with van der Waals surface area (Å²) in [6.45, 7) is 1.74. The van der Waals surface area contributed by atoms with Crippen LogP contribution in [0.25, 0.3) is 0 Å². The standard InChI is InChI=1S/C19H21F2NO2S/c1-25(23,24)17-5-3-16(4-6-17)22-10-8-14(9-11-22)12-15-2-7-18(20)19(21)13-15/h2-7,13-14H,8-12H2,1H3. The lowest BCUT2D eigenvalue weighted by Crippen LogP contribution is -2.34. The van der Waals surface area contributed by atoms with Crippen molar-refractivity contribution in [3.8, 4) is 0 Å². The van der Waals surface area contributed by atoms with E-state index in [4.69, 9.17) is 0 Å².